The highest BCUT2D eigenvalue weighted by molar-refractivity contribution is 6.35. The summed E-state index contributed by atoms with van der Waals surface area (Å²) in [7, 11) is 1.99. The highest BCUT2D eigenvalue weighted by atomic mass is 35.5. The van der Waals surface area contributed by atoms with E-state index in [0.717, 1.165) is 41.0 Å². The van der Waals surface area contributed by atoms with Gasteiger partial charge in [0.2, 0.25) is 0 Å². The number of aryl methyl sites for hydroxylation is 1. The third kappa shape index (κ3) is 3.63. The Labute approximate surface area is 215 Å². The molecule has 4 aromatic rings. The van der Waals surface area contributed by atoms with Crippen LogP contribution >= 0.6 is 11.6 Å². The molecule has 0 radical (unpaired) electrons. The molecule has 2 aliphatic rings. The van der Waals surface area contributed by atoms with Crippen molar-refractivity contribution in [2.45, 2.75) is 69.9 Å². The molecule has 2 fully saturated rings. The highest BCUT2D eigenvalue weighted by Crippen LogP contribution is 2.51. The number of aromatic amines is 1. The van der Waals surface area contributed by atoms with Crippen molar-refractivity contribution in [3.63, 3.8) is 0 Å². The average Bonchev–Trinajstić information content (AvgIpc) is 3.46. The lowest BCUT2D eigenvalue weighted by atomic mass is 9.58. The summed E-state index contributed by atoms with van der Waals surface area (Å²) in [5.41, 5.74) is 3.33. The van der Waals surface area contributed by atoms with E-state index in [9.17, 15) is 4.79 Å². The van der Waals surface area contributed by atoms with Crippen molar-refractivity contribution in [3.05, 3.63) is 75.3 Å². The van der Waals surface area contributed by atoms with Crippen LogP contribution in [0.4, 0.5) is 0 Å². The van der Waals surface area contributed by atoms with Gasteiger partial charge in [0.1, 0.15) is 17.7 Å². The number of hydrogen-bond donors (Lipinski definition) is 2. The Hall–Kier alpha value is -2.90. The van der Waals surface area contributed by atoms with Crippen LogP contribution < -0.4 is 10.9 Å². The van der Waals surface area contributed by atoms with Crippen molar-refractivity contribution >= 4 is 22.5 Å². The summed E-state index contributed by atoms with van der Waals surface area (Å²) >= 11 is 6.74. The molecule has 0 bridgehead atoms. The van der Waals surface area contributed by atoms with Gasteiger partial charge in [0.25, 0.3) is 5.56 Å². The highest BCUT2D eigenvalue weighted by Gasteiger charge is 2.48. The molecule has 8 heteroatoms. The third-order valence-electron chi connectivity index (χ3n) is 8.47. The number of aromatic nitrogens is 5. The van der Waals surface area contributed by atoms with Gasteiger partial charge in [-0.3, -0.25) is 9.36 Å². The smallest absolute Gasteiger partial charge is 0.279 e. The van der Waals surface area contributed by atoms with Crippen LogP contribution in [0.25, 0.3) is 16.6 Å². The number of halogens is 1. The zero-order chi connectivity index (χ0) is 25.2. The Balaban J connectivity index is 1.40. The van der Waals surface area contributed by atoms with Crippen LogP contribution in [0.1, 0.15) is 76.0 Å². The quantitative estimate of drug-likeness (QED) is 0.368. The molecule has 0 saturated heterocycles. The van der Waals surface area contributed by atoms with Gasteiger partial charge < -0.3 is 14.9 Å². The van der Waals surface area contributed by atoms with Gasteiger partial charge >= 0.3 is 0 Å². The fourth-order valence-corrected chi connectivity index (χ4v) is 6.67. The first-order valence-corrected chi connectivity index (χ1v) is 13.2. The SMILES string of the molecule is CC1CC(c2cccc(-n3cc(Cl)c4cc(C(C)NC5(C)CCC5)[nH]c4c3=O)c2)(c2nncn2C)C1. The largest absolute Gasteiger partial charge is 0.353 e. The topological polar surface area (TPSA) is 80.5 Å². The predicted octanol–water partition coefficient (Wildman–Crippen LogP) is 5.41. The van der Waals surface area contributed by atoms with Gasteiger partial charge in [0, 0.05) is 41.6 Å². The molecule has 36 heavy (non-hydrogen) atoms. The van der Waals surface area contributed by atoms with Crippen molar-refractivity contribution < 1.29 is 0 Å². The zero-order valence-electron chi connectivity index (χ0n) is 21.3. The molecule has 2 N–H and O–H groups in total. The number of hydrogen-bond acceptors (Lipinski definition) is 4. The van der Waals surface area contributed by atoms with E-state index < -0.39 is 0 Å². The Morgan fingerprint density at radius 3 is 2.67 bits per heavy atom. The number of rotatable bonds is 6. The number of H-pyrrole nitrogens is 1. The van der Waals surface area contributed by atoms with E-state index in [2.05, 4.69) is 53.4 Å². The van der Waals surface area contributed by atoms with Gasteiger partial charge in [-0.15, -0.1) is 10.2 Å². The summed E-state index contributed by atoms with van der Waals surface area (Å²) in [5, 5.41) is 13.6. The van der Waals surface area contributed by atoms with E-state index in [1.165, 1.54) is 19.3 Å². The number of benzene rings is 1. The van der Waals surface area contributed by atoms with Crippen molar-refractivity contribution in [1.82, 2.24) is 29.6 Å². The molecular weight excluding hydrogens is 472 g/mol. The van der Waals surface area contributed by atoms with E-state index in [1.54, 1.807) is 17.1 Å². The monoisotopic (exact) mass is 504 g/mol. The molecule has 0 spiro atoms. The van der Waals surface area contributed by atoms with Crippen molar-refractivity contribution in [2.75, 3.05) is 0 Å². The van der Waals surface area contributed by atoms with Crippen LogP contribution in [0.15, 0.2) is 47.7 Å². The molecule has 1 atom stereocenters. The lowest BCUT2D eigenvalue weighted by Gasteiger charge is -2.46. The van der Waals surface area contributed by atoms with Crippen LogP contribution in [-0.4, -0.2) is 29.9 Å². The van der Waals surface area contributed by atoms with E-state index in [0.29, 0.717) is 16.5 Å². The van der Waals surface area contributed by atoms with Gasteiger partial charge in [-0.05, 0) is 75.6 Å². The molecule has 6 rings (SSSR count). The van der Waals surface area contributed by atoms with Crippen molar-refractivity contribution in [1.29, 1.82) is 0 Å². The standard InChI is InChI=1S/C28H33ClN6O/c1-17-13-28(14-17,26-33-30-16-34(26)4)19-7-5-8-20(11-19)35-15-22(29)21-12-23(31-24(21)25(35)36)18(2)32-27(3)9-6-10-27/h5,7-8,11-12,15-18,31-32H,6,9-10,13-14H2,1-4H3. The van der Waals surface area contributed by atoms with E-state index in [-0.39, 0.29) is 22.6 Å². The summed E-state index contributed by atoms with van der Waals surface area (Å²) < 4.78 is 3.67. The summed E-state index contributed by atoms with van der Waals surface area (Å²) in [6.45, 7) is 6.66. The Bertz CT molecular complexity index is 1500. The summed E-state index contributed by atoms with van der Waals surface area (Å²) in [5.74, 6) is 1.57. The van der Waals surface area contributed by atoms with Crippen LogP contribution in [0.5, 0.6) is 0 Å². The van der Waals surface area contributed by atoms with Crippen LogP contribution in [-0.2, 0) is 12.5 Å². The predicted molar refractivity (Wildman–Crippen MR) is 143 cm³/mol. The Morgan fingerprint density at radius 2 is 2.03 bits per heavy atom. The molecule has 1 aromatic carbocycles. The fraction of sp³-hybridized carbons (Fsp3) is 0.464. The average molecular weight is 505 g/mol. The lowest BCUT2D eigenvalue weighted by Crippen LogP contribution is -2.49. The van der Waals surface area contributed by atoms with Gasteiger partial charge in [-0.25, -0.2) is 0 Å². The maximum atomic E-state index is 13.7. The zero-order valence-corrected chi connectivity index (χ0v) is 22.1. The maximum Gasteiger partial charge on any atom is 0.279 e. The van der Waals surface area contributed by atoms with Crippen LogP contribution in [0, 0.1) is 5.92 Å². The third-order valence-corrected chi connectivity index (χ3v) is 8.77. The number of fused-ring (bicyclic) bond motifs is 1. The molecule has 7 nitrogen and oxygen atoms in total. The van der Waals surface area contributed by atoms with Gasteiger partial charge in [0.05, 0.1) is 10.4 Å². The minimum absolute atomic E-state index is 0.0989. The first-order chi connectivity index (χ1) is 17.2. The Kier molecular flexibility index (Phi) is 5.43. The van der Waals surface area contributed by atoms with Crippen molar-refractivity contribution in [3.8, 4) is 5.69 Å². The summed E-state index contributed by atoms with van der Waals surface area (Å²) in [6, 6.07) is 10.3. The Morgan fingerprint density at radius 1 is 1.25 bits per heavy atom. The summed E-state index contributed by atoms with van der Waals surface area (Å²) in [6.07, 6.45) is 9.11. The van der Waals surface area contributed by atoms with Crippen molar-refractivity contribution in [2.24, 2.45) is 13.0 Å². The number of nitrogens with zero attached hydrogens (tertiary/aromatic N) is 4. The van der Waals surface area contributed by atoms with E-state index in [4.69, 9.17) is 11.6 Å². The van der Waals surface area contributed by atoms with Crippen LogP contribution in [0.2, 0.25) is 5.02 Å². The first-order valence-electron chi connectivity index (χ1n) is 12.9. The summed E-state index contributed by atoms with van der Waals surface area (Å²) in [4.78, 5) is 17.1. The molecule has 0 aliphatic heterocycles. The van der Waals surface area contributed by atoms with E-state index in [1.807, 2.05) is 29.8 Å². The molecule has 3 heterocycles. The lowest BCUT2D eigenvalue weighted by molar-refractivity contribution is 0.185. The first kappa shape index (κ1) is 23.5. The minimum Gasteiger partial charge on any atom is -0.353 e. The molecule has 1 unspecified atom stereocenters. The van der Waals surface area contributed by atoms with Gasteiger partial charge in [0.15, 0.2) is 0 Å². The molecule has 2 saturated carbocycles. The van der Waals surface area contributed by atoms with Gasteiger partial charge in [-0.2, -0.15) is 0 Å². The van der Waals surface area contributed by atoms with Gasteiger partial charge in [-0.1, -0.05) is 30.7 Å². The molecule has 3 aromatic heterocycles. The van der Waals surface area contributed by atoms with Crippen LogP contribution in [0.3, 0.4) is 0 Å². The second-order valence-corrected chi connectivity index (χ2v) is 11.8. The minimum atomic E-state index is -0.198. The number of nitrogens with one attached hydrogen (secondary N) is 2. The fourth-order valence-electron chi connectivity index (χ4n) is 6.42. The maximum absolute atomic E-state index is 13.7. The molecular formula is C28H33ClN6O. The molecule has 0 amide bonds. The van der Waals surface area contributed by atoms with E-state index >= 15 is 0 Å². The second kappa shape index (κ2) is 8.32. The number of pyridine rings is 1. The molecule has 2 aliphatic carbocycles. The second-order valence-electron chi connectivity index (χ2n) is 11.4. The normalized spacial score (nSPS) is 23.9. The molecule has 188 valence electrons.